The number of hydrogen-bond donors (Lipinski definition) is 1. The zero-order valence-electron chi connectivity index (χ0n) is 12.3. The molecular weight excluding hydrogens is 232 g/mol. The summed E-state index contributed by atoms with van der Waals surface area (Å²) >= 11 is 0. The molecule has 0 radical (unpaired) electrons. The smallest absolute Gasteiger partial charge is 0.0382 e. The fourth-order valence-corrected chi connectivity index (χ4v) is 3.88. The van der Waals surface area contributed by atoms with Crippen molar-refractivity contribution in [3.05, 3.63) is 34.9 Å². The number of nitrogens with zero attached hydrogens (tertiary/aromatic N) is 1. The molecule has 2 nitrogen and oxygen atoms in total. The van der Waals surface area contributed by atoms with Crippen LogP contribution in [-0.2, 0) is 12.8 Å². The Balaban J connectivity index is 1.89. The molecule has 1 N–H and O–H groups in total. The highest BCUT2D eigenvalue weighted by Crippen LogP contribution is 2.33. The molecule has 1 aromatic rings. The van der Waals surface area contributed by atoms with Crippen LogP contribution < -0.4 is 5.32 Å². The van der Waals surface area contributed by atoms with Gasteiger partial charge in [0, 0.05) is 6.04 Å². The third-order valence-corrected chi connectivity index (χ3v) is 4.82. The topological polar surface area (TPSA) is 15.3 Å². The van der Waals surface area contributed by atoms with E-state index in [1.54, 1.807) is 11.1 Å². The molecule has 0 amide bonds. The van der Waals surface area contributed by atoms with E-state index in [1.165, 1.54) is 50.8 Å². The first-order chi connectivity index (χ1) is 9.25. The van der Waals surface area contributed by atoms with E-state index >= 15 is 0 Å². The number of benzene rings is 1. The Morgan fingerprint density at radius 1 is 1.16 bits per heavy atom. The van der Waals surface area contributed by atoms with Crippen LogP contribution in [0.15, 0.2) is 18.2 Å². The molecule has 1 aliphatic carbocycles. The van der Waals surface area contributed by atoms with Crippen molar-refractivity contribution >= 4 is 0 Å². The van der Waals surface area contributed by atoms with Crippen LogP contribution in [0.3, 0.4) is 0 Å². The van der Waals surface area contributed by atoms with Gasteiger partial charge in [0.05, 0.1) is 0 Å². The van der Waals surface area contributed by atoms with Gasteiger partial charge in [0.15, 0.2) is 0 Å². The molecule has 2 atom stereocenters. The summed E-state index contributed by atoms with van der Waals surface area (Å²) in [7, 11) is 4.45. The molecular formula is C17H26N2. The van der Waals surface area contributed by atoms with Gasteiger partial charge in [-0.05, 0) is 81.9 Å². The average Bonchev–Trinajstić information content (AvgIpc) is 2.92. The largest absolute Gasteiger partial charge is 0.316 e. The first kappa shape index (κ1) is 13.1. The normalized spacial score (nSPS) is 24.5. The Labute approximate surface area is 117 Å². The highest BCUT2D eigenvalue weighted by molar-refractivity contribution is 5.35. The summed E-state index contributed by atoms with van der Waals surface area (Å²) in [6, 6.07) is 7.84. The van der Waals surface area contributed by atoms with Gasteiger partial charge in [-0.1, -0.05) is 18.2 Å². The van der Waals surface area contributed by atoms with Crippen molar-refractivity contribution in [2.45, 2.75) is 38.1 Å². The Morgan fingerprint density at radius 2 is 1.95 bits per heavy atom. The number of nitrogens with one attached hydrogen (secondary N) is 1. The minimum atomic E-state index is 0.572. The lowest BCUT2D eigenvalue weighted by molar-refractivity contribution is 0.223. The molecule has 3 rings (SSSR count). The molecule has 1 saturated heterocycles. The van der Waals surface area contributed by atoms with Crippen LogP contribution in [0.4, 0.5) is 0 Å². The third kappa shape index (κ3) is 2.70. The van der Waals surface area contributed by atoms with Crippen molar-refractivity contribution in [3.8, 4) is 0 Å². The van der Waals surface area contributed by atoms with Crippen LogP contribution in [0.25, 0.3) is 0 Å². The summed E-state index contributed by atoms with van der Waals surface area (Å²) in [4.78, 5) is 2.40. The molecule has 104 valence electrons. The van der Waals surface area contributed by atoms with Crippen LogP contribution in [0.1, 0.15) is 42.0 Å². The summed E-state index contributed by atoms with van der Waals surface area (Å²) < 4.78 is 0. The molecule has 1 heterocycles. The number of hydrogen-bond acceptors (Lipinski definition) is 2. The zero-order chi connectivity index (χ0) is 13.2. The van der Waals surface area contributed by atoms with E-state index in [0.717, 1.165) is 5.92 Å². The molecule has 0 spiro atoms. The Morgan fingerprint density at radius 3 is 2.63 bits per heavy atom. The SMILES string of the molecule is CN(C)C(c1ccc2c(c1)CCCC2)C1CCNC1. The summed E-state index contributed by atoms with van der Waals surface area (Å²) in [6.45, 7) is 2.35. The lowest BCUT2D eigenvalue weighted by Gasteiger charge is -2.31. The van der Waals surface area contributed by atoms with Crippen molar-refractivity contribution in [1.29, 1.82) is 0 Å². The third-order valence-electron chi connectivity index (χ3n) is 4.82. The quantitative estimate of drug-likeness (QED) is 0.897. The van der Waals surface area contributed by atoms with Crippen molar-refractivity contribution in [2.24, 2.45) is 5.92 Å². The van der Waals surface area contributed by atoms with E-state index in [4.69, 9.17) is 0 Å². The van der Waals surface area contributed by atoms with Gasteiger partial charge in [-0.15, -0.1) is 0 Å². The lowest BCUT2D eigenvalue weighted by atomic mass is 9.85. The highest BCUT2D eigenvalue weighted by atomic mass is 15.1. The maximum Gasteiger partial charge on any atom is 0.0382 e. The second kappa shape index (κ2) is 5.64. The molecule has 2 unspecified atom stereocenters. The molecule has 0 aromatic heterocycles. The first-order valence-corrected chi connectivity index (χ1v) is 7.74. The van der Waals surface area contributed by atoms with Crippen molar-refractivity contribution in [1.82, 2.24) is 10.2 Å². The second-order valence-corrected chi connectivity index (χ2v) is 6.40. The maximum absolute atomic E-state index is 3.51. The Hall–Kier alpha value is -0.860. The zero-order valence-corrected chi connectivity index (χ0v) is 12.3. The minimum absolute atomic E-state index is 0.572. The van der Waals surface area contributed by atoms with Gasteiger partial charge >= 0.3 is 0 Å². The van der Waals surface area contributed by atoms with E-state index in [1.807, 2.05) is 0 Å². The first-order valence-electron chi connectivity index (χ1n) is 7.74. The highest BCUT2D eigenvalue weighted by Gasteiger charge is 2.28. The van der Waals surface area contributed by atoms with Gasteiger partial charge < -0.3 is 10.2 Å². The number of aryl methyl sites for hydroxylation is 2. The average molecular weight is 258 g/mol. The van der Waals surface area contributed by atoms with E-state index < -0.39 is 0 Å². The lowest BCUT2D eigenvalue weighted by Crippen LogP contribution is -2.29. The van der Waals surface area contributed by atoms with E-state index in [2.05, 4.69) is 42.5 Å². The van der Waals surface area contributed by atoms with Crippen molar-refractivity contribution in [2.75, 3.05) is 27.2 Å². The summed E-state index contributed by atoms with van der Waals surface area (Å²) in [5.41, 5.74) is 4.73. The molecule has 2 aliphatic rings. The van der Waals surface area contributed by atoms with Crippen LogP contribution in [0.5, 0.6) is 0 Å². The van der Waals surface area contributed by atoms with Gasteiger partial charge in [0.25, 0.3) is 0 Å². The fourth-order valence-electron chi connectivity index (χ4n) is 3.88. The van der Waals surface area contributed by atoms with Crippen LogP contribution in [0.2, 0.25) is 0 Å². The van der Waals surface area contributed by atoms with Gasteiger partial charge in [0.1, 0.15) is 0 Å². The molecule has 0 bridgehead atoms. The van der Waals surface area contributed by atoms with Gasteiger partial charge in [-0.2, -0.15) is 0 Å². The van der Waals surface area contributed by atoms with Crippen molar-refractivity contribution < 1.29 is 0 Å². The maximum atomic E-state index is 3.51. The molecule has 19 heavy (non-hydrogen) atoms. The molecule has 1 aliphatic heterocycles. The summed E-state index contributed by atoms with van der Waals surface area (Å²) in [6.07, 6.45) is 6.61. The molecule has 1 aromatic carbocycles. The van der Waals surface area contributed by atoms with Crippen LogP contribution in [0, 0.1) is 5.92 Å². The van der Waals surface area contributed by atoms with Gasteiger partial charge in [-0.3, -0.25) is 0 Å². The fraction of sp³-hybridized carbons (Fsp3) is 0.647. The summed E-state index contributed by atoms with van der Waals surface area (Å²) in [5, 5.41) is 3.51. The van der Waals surface area contributed by atoms with Crippen molar-refractivity contribution in [3.63, 3.8) is 0 Å². The van der Waals surface area contributed by atoms with E-state index in [-0.39, 0.29) is 0 Å². The summed E-state index contributed by atoms with van der Waals surface area (Å²) in [5.74, 6) is 0.761. The molecule has 1 fully saturated rings. The predicted octanol–water partition coefficient (Wildman–Crippen LogP) is 2.78. The predicted molar refractivity (Wildman–Crippen MR) is 80.5 cm³/mol. The molecule has 2 heteroatoms. The number of rotatable bonds is 3. The van der Waals surface area contributed by atoms with Gasteiger partial charge in [0.2, 0.25) is 0 Å². The van der Waals surface area contributed by atoms with Crippen LogP contribution >= 0.6 is 0 Å². The number of fused-ring (bicyclic) bond motifs is 1. The van der Waals surface area contributed by atoms with Gasteiger partial charge in [-0.25, -0.2) is 0 Å². The molecule has 0 saturated carbocycles. The monoisotopic (exact) mass is 258 g/mol. The second-order valence-electron chi connectivity index (χ2n) is 6.40. The van der Waals surface area contributed by atoms with Crippen LogP contribution in [-0.4, -0.2) is 32.1 Å². The standard InChI is InChI=1S/C17H26N2/c1-19(2)17(16-9-10-18-12-16)15-8-7-13-5-3-4-6-14(13)11-15/h7-8,11,16-18H,3-6,9-10,12H2,1-2H3. The Kier molecular flexibility index (Phi) is 3.90. The minimum Gasteiger partial charge on any atom is -0.316 e. The Bertz CT molecular complexity index is 433. The van der Waals surface area contributed by atoms with E-state index in [0.29, 0.717) is 6.04 Å². The van der Waals surface area contributed by atoms with E-state index in [9.17, 15) is 0 Å².